The third kappa shape index (κ3) is 16.2. The van der Waals surface area contributed by atoms with E-state index in [-0.39, 0.29) is 10.5 Å². The van der Waals surface area contributed by atoms with Crippen molar-refractivity contribution in [3.05, 3.63) is 94.3 Å². The largest absolute Gasteiger partial charge is 0.435 e. The molecule has 0 saturated carbocycles. The van der Waals surface area contributed by atoms with Gasteiger partial charge in [0.05, 0.1) is 0 Å². The first-order valence-corrected chi connectivity index (χ1v) is 19.9. The summed E-state index contributed by atoms with van der Waals surface area (Å²) >= 11 is 1.61. The van der Waals surface area contributed by atoms with Crippen molar-refractivity contribution in [2.24, 2.45) is 10.3 Å². The minimum Gasteiger partial charge on any atom is -0.435 e. The predicted molar refractivity (Wildman–Crippen MR) is 220 cm³/mol. The minimum atomic E-state index is -4.55. The highest BCUT2D eigenvalue weighted by molar-refractivity contribution is 9.18. The number of benzene rings is 2. The molecule has 0 unspecified atom stereocenters. The summed E-state index contributed by atoms with van der Waals surface area (Å²) in [5.41, 5.74) is 8.20. The average molecular weight is 991 g/mol. The number of nitrogens with zero attached hydrogens (tertiary/aromatic N) is 6. The van der Waals surface area contributed by atoms with Crippen LogP contribution in [0.2, 0.25) is 0 Å². The second-order valence-corrected chi connectivity index (χ2v) is 13.6. The summed E-state index contributed by atoms with van der Waals surface area (Å²) in [5.74, 6) is 0.0280. The van der Waals surface area contributed by atoms with E-state index < -0.39 is 54.6 Å². The summed E-state index contributed by atoms with van der Waals surface area (Å²) in [6.45, 7) is 5.90. The smallest absolute Gasteiger partial charge is 0.425 e. The summed E-state index contributed by atoms with van der Waals surface area (Å²) in [6.07, 6.45) is -5.01. The summed E-state index contributed by atoms with van der Waals surface area (Å²) in [4.78, 5) is 37.8. The molecular formula is C38H34BrF6N7O9S2. The summed E-state index contributed by atoms with van der Waals surface area (Å²) in [5, 5.41) is 9.22. The fraction of sp³-hybridized carbons (Fsp3) is 0.289. The van der Waals surface area contributed by atoms with E-state index in [1.807, 2.05) is 64.1 Å². The molecule has 1 amide bonds. The van der Waals surface area contributed by atoms with Gasteiger partial charge in [0.1, 0.15) is 22.4 Å². The number of alkyl halides is 6. The maximum atomic E-state index is 12.3. The van der Waals surface area contributed by atoms with Gasteiger partial charge in [0.15, 0.2) is 21.6 Å². The van der Waals surface area contributed by atoms with E-state index in [1.165, 1.54) is 19.3 Å². The molecule has 0 bridgehead atoms. The van der Waals surface area contributed by atoms with Gasteiger partial charge in [-0.1, -0.05) is 36.3 Å². The highest BCUT2D eigenvalue weighted by Crippen LogP contribution is 2.29. The molecule has 1 N–H and O–H groups in total. The van der Waals surface area contributed by atoms with Crippen molar-refractivity contribution in [2.45, 2.75) is 59.8 Å². The van der Waals surface area contributed by atoms with Crippen LogP contribution in [0.15, 0.2) is 80.1 Å². The monoisotopic (exact) mass is 989 g/mol. The second-order valence-electron chi connectivity index (χ2n) is 12.6. The third-order valence-electron chi connectivity index (χ3n) is 7.75. The number of oxime groups is 2. The Labute approximate surface area is 368 Å². The number of aromatic nitrogens is 4. The molecule has 4 aromatic heterocycles. The Morgan fingerprint density at radius 3 is 1.54 bits per heavy atom. The highest BCUT2D eigenvalue weighted by Gasteiger charge is 2.29. The van der Waals surface area contributed by atoms with Crippen LogP contribution in [0.1, 0.15) is 54.2 Å². The molecule has 4 heterocycles. The zero-order chi connectivity index (χ0) is 46.9. The normalized spacial score (nSPS) is 11.6. The maximum Gasteiger partial charge on any atom is 0.425 e. The van der Waals surface area contributed by atoms with Crippen LogP contribution in [0.3, 0.4) is 0 Å². The Kier molecular flexibility index (Phi) is 19.4. The molecule has 6 aromatic rings. The van der Waals surface area contributed by atoms with Crippen molar-refractivity contribution >= 4 is 77.6 Å². The molecule has 25 heteroatoms. The first-order valence-electron chi connectivity index (χ1n) is 17.8. The summed E-state index contributed by atoms with van der Waals surface area (Å²) in [6, 6.07) is 14.7. The summed E-state index contributed by atoms with van der Waals surface area (Å²) in [7, 11) is 0. The van der Waals surface area contributed by atoms with Crippen molar-refractivity contribution < 1.29 is 66.5 Å². The number of hydrogen-bond acceptors (Lipinski definition) is 15. The van der Waals surface area contributed by atoms with E-state index in [4.69, 9.17) is 25.7 Å². The molecule has 0 saturated heterocycles. The van der Waals surface area contributed by atoms with Gasteiger partial charge in [-0.3, -0.25) is 14.8 Å². The molecule has 16 nitrogen and oxygen atoms in total. The van der Waals surface area contributed by atoms with Crippen molar-refractivity contribution in [1.29, 1.82) is 0 Å². The first kappa shape index (κ1) is 51.1. The lowest BCUT2D eigenvalue weighted by atomic mass is 10.1. The lowest BCUT2D eigenvalue weighted by Gasteiger charge is -2.11. The predicted octanol–water partition coefficient (Wildman–Crippen LogP) is 8.19. The number of oxazole rings is 2. The fourth-order valence-corrected chi connectivity index (χ4v) is 5.48. The molecule has 0 spiro atoms. The third-order valence-corrected chi connectivity index (χ3v) is 8.35. The van der Waals surface area contributed by atoms with Crippen LogP contribution in [0.4, 0.5) is 26.3 Å². The van der Waals surface area contributed by atoms with Gasteiger partial charge >= 0.3 is 35.5 Å². The van der Waals surface area contributed by atoms with Gasteiger partial charge in [-0.2, -0.15) is 43.2 Å². The van der Waals surface area contributed by atoms with Crippen molar-refractivity contribution in [1.82, 2.24) is 25.3 Å². The topological polar surface area (TPSA) is 218 Å². The standard InChI is InChI=1S/C20H19F3N4O3.C18H15BrF3N3O2.2O2S/c1-4-13-8-14(18(25-12(3)28)27-29-10-20(21,22)23)9-24-17(13)19-26-15-7-11(2)5-6-16(15)30-19;1-3-11-7-12(16(19)25-26-9-18(20,21)22)8-23-15(11)17-24-13-6-10(2)4-5-14(13)27-17;2*1-3-2/h5-9H,4,10H2,1-3H3,(H,25,27,28);4-8H,3,9H2,1-2H3;;/b;25-16-;;. The maximum absolute atomic E-state index is 12.3. The second kappa shape index (κ2) is 23.9. The van der Waals surface area contributed by atoms with E-state index in [0.29, 0.717) is 69.4 Å². The Balaban J connectivity index is 0.000000299. The Morgan fingerprint density at radius 1 is 0.714 bits per heavy atom. The van der Waals surface area contributed by atoms with Crippen LogP contribution in [-0.4, -0.2) is 78.7 Å². The van der Waals surface area contributed by atoms with Crippen LogP contribution in [0, 0.1) is 13.8 Å². The molecule has 0 aliphatic rings. The van der Waals surface area contributed by atoms with E-state index in [2.05, 4.69) is 61.2 Å². The van der Waals surface area contributed by atoms with Gasteiger partial charge in [0.25, 0.3) is 0 Å². The zero-order valence-electron chi connectivity index (χ0n) is 33.4. The highest BCUT2D eigenvalue weighted by atomic mass is 79.9. The number of rotatable bonds is 10. The number of fused-ring (bicyclic) bond motifs is 2. The molecule has 6 rings (SSSR count). The molecule has 0 radical (unpaired) electrons. The molecule has 2 aromatic carbocycles. The lowest BCUT2D eigenvalue weighted by molar-refractivity contribution is -0.174. The van der Waals surface area contributed by atoms with Crippen molar-refractivity contribution in [2.75, 3.05) is 13.2 Å². The number of carbonyl (C=O) groups excluding carboxylic acids is 1. The number of hydrogen-bond donors (Lipinski definition) is 1. The minimum absolute atomic E-state index is 0.119. The van der Waals surface area contributed by atoms with E-state index >= 15 is 0 Å². The van der Waals surface area contributed by atoms with Crippen LogP contribution in [0.25, 0.3) is 45.4 Å². The lowest BCUT2D eigenvalue weighted by Crippen LogP contribution is -2.30. The quantitative estimate of drug-likeness (QED) is 0.0593. The zero-order valence-corrected chi connectivity index (χ0v) is 36.6. The SMILES string of the molecule is CCc1cc(/C(=N/OCC(F)(F)F)NC(C)=O)cnc1-c1nc2cc(C)ccc2o1.CCc1cc(/C(Br)=N/OCC(F)(F)F)cnc1-c1nc2cc(C)ccc2o1.O=S=O.O=S=O. The van der Waals surface area contributed by atoms with Gasteiger partial charge in [-0.25, -0.2) is 9.97 Å². The number of amides is 1. The van der Waals surface area contributed by atoms with Gasteiger partial charge in [-0.15, -0.1) is 0 Å². The van der Waals surface area contributed by atoms with E-state index in [9.17, 15) is 31.1 Å². The van der Waals surface area contributed by atoms with Crippen LogP contribution >= 0.6 is 15.9 Å². The Morgan fingerprint density at radius 2 is 1.13 bits per heavy atom. The number of carbonyl (C=O) groups is 1. The molecule has 0 fully saturated rings. The molecule has 0 aliphatic carbocycles. The number of halogens is 7. The van der Waals surface area contributed by atoms with Gasteiger partial charge in [0, 0.05) is 30.4 Å². The number of pyridine rings is 2. The van der Waals surface area contributed by atoms with Crippen molar-refractivity contribution in [3.8, 4) is 23.2 Å². The number of amidine groups is 1. The van der Waals surface area contributed by atoms with Gasteiger partial charge < -0.3 is 23.8 Å². The van der Waals surface area contributed by atoms with Crippen LogP contribution in [-0.2, 0) is 50.5 Å². The number of aryl methyl sites for hydroxylation is 4. The van der Waals surface area contributed by atoms with Crippen LogP contribution < -0.4 is 5.32 Å². The Bertz CT molecular complexity index is 2650. The van der Waals surface area contributed by atoms with E-state index in [1.54, 1.807) is 12.1 Å². The van der Waals surface area contributed by atoms with Crippen molar-refractivity contribution in [3.63, 3.8) is 0 Å². The fourth-order valence-electron chi connectivity index (χ4n) is 5.16. The average Bonchev–Trinajstić information content (AvgIpc) is 3.83. The molecule has 0 atom stereocenters. The van der Waals surface area contributed by atoms with Crippen LogP contribution in [0.5, 0.6) is 0 Å². The van der Waals surface area contributed by atoms with E-state index in [0.717, 1.165) is 22.2 Å². The number of nitrogens with one attached hydrogen (secondary N) is 1. The molecule has 336 valence electrons. The summed E-state index contributed by atoms with van der Waals surface area (Å²) < 4.78 is 118. The first-order chi connectivity index (χ1) is 29.8. The molecule has 63 heavy (non-hydrogen) atoms. The van der Waals surface area contributed by atoms with Gasteiger partial charge in [-0.05, 0) is 101 Å². The Hall–Kier alpha value is -6.21. The van der Waals surface area contributed by atoms with Gasteiger partial charge in [0.2, 0.25) is 30.9 Å². The molecular weight excluding hydrogens is 956 g/mol. The molecule has 0 aliphatic heterocycles.